The highest BCUT2D eigenvalue weighted by molar-refractivity contribution is 6.30. The Hall–Kier alpha value is -1.24. The minimum atomic E-state index is -0.834. The maximum Gasteiger partial charge on any atom is 0.257 e. The van der Waals surface area contributed by atoms with E-state index in [0.717, 1.165) is 12.1 Å². The van der Waals surface area contributed by atoms with Crippen LogP contribution in [0.5, 0.6) is 0 Å². The number of likely N-dealkylation sites (tertiary alicyclic amines) is 1. The molecule has 2 heterocycles. The summed E-state index contributed by atoms with van der Waals surface area (Å²) in [5.74, 6) is -3.03. The van der Waals surface area contributed by atoms with E-state index >= 15 is 0 Å². The number of carbonyl (C=O) groups excluding carboxylic acids is 1. The Morgan fingerprint density at radius 2 is 1.95 bits per heavy atom. The van der Waals surface area contributed by atoms with Gasteiger partial charge in [-0.15, -0.1) is 0 Å². The molecule has 2 fully saturated rings. The van der Waals surface area contributed by atoms with E-state index in [0.29, 0.717) is 32.6 Å². The number of ether oxygens (including phenoxy) is 2. The van der Waals surface area contributed by atoms with Gasteiger partial charge in [-0.3, -0.25) is 4.79 Å². The first-order valence-corrected chi connectivity index (χ1v) is 7.10. The van der Waals surface area contributed by atoms with Gasteiger partial charge in [0.25, 0.3) is 5.91 Å². The van der Waals surface area contributed by atoms with Crippen LogP contribution in [0.1, 0.15) is 23.2 Å². The molecule has 0 bridgehead atoms. The van der Waals surface area contributed by atoms with Gasteiger partial charge in [0.1, 0.15) is 11.6 Å². The van der Waals surface area contributed by atoms with Gasteiger partial charge in [-0.05, 0) is 18.6 Å². The summed E-state index contributed by atoms with van der Waals surface area (Å²) < 4.78 is 38.4. The maximum absolute atomic E-state index is 13.8. The molecule has 1 amide bonds. The van der Waals surface area contributed by atoms with Crippen LogP contribution in [-0.2, 0) is 9.47 Å². The van der Waals surface area contributed by atoms with Crippen molar-refractivity contribution in [1.29, 1.82) is 0 Å². The molecular formula is C14H14ClF2NO3. The Kier molecular flexibility index (Phi) is 3.86. The number of amides is 1. The van der Waals surface area contributed by atoms with Crippen LogP contribution in [0.4, 0.5) is 8.78 Å². The van der Waals surface area contributed by atoms with Gasteiger partial charge in [0, 0.05) is 13.0 Å². The van der Waals surface area contributed by atoms with Gasteiger partial charge in [0.05, 0.1) is 30.3 Å². The van der Waals surface area contributed by atoms with Gasteiger partial charge in [-0.1, -0.05) is 11.6 Å². The molecule has 0 aliphatic carbocycles. The van der Waals surface area contributed by atoms with Gasteiger partial charge in [0.15, 0.2) is 5.79 Å². The average molecular weight is 318 g/mol. The summed E-state index contributed by atoms with van der Waals surface area (Å²) in [6.07, 6.45) is 1.37. The summed E-state index contributed by atoms with van der Waals surface area (Å²) in [6, 6.07) is 1.64. The van der Waals surface area contributed by atoms with Crippen LogP contribution in [-0.4, -0.2) is 42.9 Å². The fraction of sp³-hybridized carbons (Fsp3) is 0.500. The number of hydrogen-bond donors (Lipinski definition) is 0. The van der Waals surface area contributed by atoms with Crippen LogP contribution in [0.2, 0.25) is 5.02 Å². The molecule has 1 aromatic rings. The minimum absolute atomic E-state index is 0.218. The van der Waals surface area contributed by atoms with Crippen molar-refractivity contribution in [3.8, 4) is 0 Å². The molecule has 0 N–H and O–H groups in total. The highest BCUT2D eigenvalue weighted by Gasteiger charge is 2.42. The predicted molar refractivity (Wildman–Crippen MR) is 71.1 cm³/mol. The van der Waals surface area contributed by atoms with Crippen molar-refractivity contribution in [2.24, 2.45) is 0 Å². The number of benzene rings is 1. The second-order valence-corrected chi connectivity index (χ2v) is 5.59. The van der Waals surface area contributed by atoms with E-state index in [1.54, 1.807) is 0 Å². The molecule has 1 aromatic carbocycles. The molecule has 0 aromatic heterocycles. The third-order valence-electron chi connectivity index (χ3n) is 3.76. The standard InChI is InChI=1S/C14H14ClF2NO3/c15-10-7-11(16)9(6-12(10)17)13(19)18-3-1-2-14(8-18)20-4-5-21-14/h6-7H,1-5,8H2. The number of rotatable bonds is 1. The van der Waals surface area contributed by atoms with Gasteiger partial charge in [0.2, 0.25) is 0 Å². The molecule has 0 saturated carbocycles. The summed E-state index contributed by atoms with van der Waals surface area (Å²) in [6.45, 7) is 1.63. The van der Waals surface area contributed by atoms with Crippen LogP contribution < -0.4 is 0 Å². The molecule has 0 unspecified atom stereocenters. The fourth-order valence-corrected chi connectivity index (χ4v) is 2.90. The second-order valence-electron chi connectivity index (χ2n) is 5.18. The van der Waals surface area contributed by atoms with Crippen molar-refractivity contribution in [2.45, 2.75) is 18.6 Å². The Labute approximate surface area is 125 Å². The molecule has 2 aliphatic rings. The van der Waals surface area contributed by atoms with Gasteiger partial charge in [-0.2, -0.15) is 0 Å². The van der Waals surface area contributed by atoms with Crippen molar-refractivity contribution in [3.63, 3.8) is 0 Å². The van der Waals surface area contributed by atoms with E-state index in [9.17, 15) is 13.6 Å². The molecule has 21 heavy (non-hydrogen) atoms. The lowest BCUT2D eigenvalue weighted by atomic mass is 10.0. The first kappa shape index (κ1) is 14.7. The third kappa shape index (κ3) is 2.75. The van der Waals surface area contributed by atoms with Gasteiger partial charge < -0.3 is 14.4 Å². The highest BCUT2D eigenvalue weighted by atomic mass is 35.5. The second kappa shape index (κ2) is 5.51. The van der Waals surface area contributed by atoms with Crippen LogP contribution in [0.3, 0.4) is 0 Å². The molecule has 2 aliphatic heterocycles. The van der Waals surface area contributed by atoms with E-state index in [4.69, 9.17) is 21.1 Å². The van der Waals surface area contributed by atoms with Crippen LogP contribution in [0.15, 0.2) is 12.1 Å². The van der Waals surface area contributed by atoms with E-state index in [-0.39, 0.29) is 17.1 Å². The van der Waals surface area contributed by atoms with Gasteiger partial charge in [-0.25, -0.2) is 8.78 Å². The van der Waals surface area contributed by atoms with E-state index in [1.807, 2.05) is 0 Å². The Morgan fingerprint density at radius 1 is 1.24 bits per heavy atom. The molecule has 4 nitrogen and oxygen atoms in total. The first-order valence-electron chi connectivity index (χ1n) is 6.72. The zero-order valence-corrected chi connectivity index (χ0v) is 12.0. The Balaban J connectivity index is 1.83. The molecule has 7 heteroatoms. The molecule has 114 valence electrons. The summed E-state index contributed by atoms with van der Waals surface area (Å²) in [5.41, 5.74) is -0.327. The van der Waals surface area contributed by atoms with Gasteiger partial charge >= 0.3 is 0 Å². The lowest BCUT2D eigenvalue weighted by Crippen LogP contribution is -2.51. The SMILES string of the molecule is O=C(c1cc(F)c(Cl)cc1F)N1CCCC2(C1)OCCO2. The van der Waals surface area contributed by atoms with E-state index in [2.05, 4.69) is 0 Å². The van der Waals surface area contributed by atoms with Crippen LogP contribution in [0, 0.1) is 11.6 Å². The number of nitrogens with zero attached hydrogens (tertiary/aromatic N) is 1. The molecule has 0 radical (unpaired) electrons. The quantitative estimate of drug-likeness (QED) is 0.747. The Bertz CT molecular complexity index is 576. The largest absolute Gasteiger partial charge is 0.346 e. The molecule has 1 spiro atoms. The topological polar surface area (TPSA) is 38.8 Å². The molecular weight excluding hydrogens is 304 g/mol. The lowest BCUT2D eigenvalue weighted by molar-refractivity contribution is -0.183. The zero-order valence-electron chi connectivity index (χ0n) is 11.2. The monoisotopic (exact) mass is 317 g/mol. The molecule has 0 atom stereocenters. The number of hydrogen-bond acceptors (Lipinski definition) is 3. The molecule has 3 rings (SSSR count). The predicted octanol–water partition coefficient (Wildman–Crippen LogP) is 2.60. The Morgan fingerprint density at radius 3 is 2.67 bits per heavy atom. The zero-order chi connectivity index (χ0) is 15.0. The van der Waals surface area contributed by atoms with Crippen molar-refractivity contribution in [3.05, 3.63) is 34.4 Å². The van der Waals surface area contributed by atoms with Crippen LogP contribution >= 0.6 is 11.6 Å². The summed E-state index contributed by atoms with van der Waals surface area (Å²) >= 11 is 5.49. The minimum Gasteiger partial charge on any atom is -0.346 e. The maximum atomic E-state index is 13.8. The van der Waals surface area contributed by atoms with E-state index in [1.165, 1.54) is 4.90 Å². The van der Waals surface area contributed by atoms with Crippen molar-refractivity contribution >= 4 is 17.5 Å². The highest BCUT2D eigenvalue weighted by Crippen LogP contribution is 2.31. The number of halogens is 3. The fourth-order valence-electron chi connectivity index (χ4n) is 2.75. The third-order valence-corrected chi connectivity index (χ3v) is 4.05. The summed E-state index contributed by atoms with van der Waals surface area (Å²) in [5, 5.41) is -0.346. The normalized spacial score (nSPS) is 21.0. The number of piperidine rings is 1. The van der Waals surface area contributed by atoms with Crippen molar-refractivity contribution in [1.82, 2.24) is 4.90 Å². The van der Waals surface area contributed by atoms with Crippen LogP contribution in [0.25, 0.3) is 0 Å². The summed E-state index contributed by atoms with van der Waals surface area (Å²) in [4.78, 5) is 13.8. The lowest BCUT2D eigenvalue weighted by Gasteiger charge is -2.38. The number of carbonyl (C=O) groups is 1. The smallest absolute Gasteiger partial charge is 0.257 e. The van der Waals surface area contributed by atoms with Crippen molar-refractivity contribution in [2.75, 3.05) is 26.3 Å². The molecule has 2 saturated heterocycles. The van der Waals surface area contributed by atoms with Crippen molar-refractivity contribution < 1.29 is 23.0 Å². The average Bonchev–Trinajstić information content (AvgIpc) is 2.90. The first-order chi connectivity index (χ1) is 10.0. The summed E-state index contributed by atoms with van der Waals surface area (Å²) in [7, 11) is 0. The van der Waals surface area contributed by atoms with E-state index < -0.39 is 23.3 Å².